The summed E-state index contributed by atoms with van der Waals surface area (Å²) in [7, 11) is 1.71. The van der Waals surface area contributed by atoms with Crippen molar-refractivity contribution < 1.29 is 14.4 Å². The summed E-state index contributed by atoms with van der Waals surface area (Å²) in [5.74, 6) is 0.503. The zero-order valence-corrected chi connectivity index (χ0v) is 15.3. The number of carbonyl (C=O) groups is 3. The number of hydrogen-bond acceptors (Lipinski definition) is 5. The molecule has 0 spiro atoms. The largest absolute Gasteiger partial charge is 0.343 e. The molecule has 2 aliphatic heterocycles. The van der Waals surface area contributed by atoms with E-state index in [0.29, 0.717) is 6.42 Å². The summed E-state index contributed by atoms with van der Waals surface area (Å²) in [5, 5.41) is 5.74. The van der Waals surface area contributed by atoms with Crippen molar-refractivity contribution in [2.75, 3.05) is 12.8 Å². The Bertz CT molecular complexity index is 509. The van der Waals surface area contributed by atoms with Gasteiger partial charge < -0.3 is 15.5 Å². The molecule has 0 saturated carbocycles. The monoisotopic (exact) mass is 341 g/mol. The molecule has 2 N–H and O–H groups in total. The van der Waals surface area contributed by atoms with Crippen molar-refractivity contribution >= 4 is 29.4 Å². The fraction of sp³-hybridized carbons (Fsp3) is 0.812. The zero-order valence-electron chi connectivity index (χ0n) is 14.5. The first-order valence-corrected chi connectivity index (χ1v) is 9.15. The van der Waals surface area contributed by atoms with Crippen LogP contribution in [0.2, 0.25) is 0 Å². The molecule has 2 saturated heterocycles. The smallest absolute Gasteiger partial charge is 0.246 e. The molecule has 0 aromatic carbocycles. The summed E-state index contributed by atoms with van der Waals surface area (Å²) in [4.78, 5) is 39.0. The van der Waals surface area contributed by atoms with Gasteiger partial charge in [0.15, 0.2) is 5.78 Å². The van der Waals surface area contributed by atoms with Crippen LogP contribution in [0.4, 0.5) is 0 Å². The van der Waals surface area contributed by atoms with Gasteiger partial charge in [0, 0.05) is 0 Å². The molecule has 6 nitrogen and oxygen atoms in total. The van der Waals surface area contributed by atoms with E-state index in [-0.39, 0.29) is 34.4 Å². The average molecular weight is 341 g/mol. The number of hydrogen-bond donors (Lipinski definition) is 2. The average Bonchev–Trinajstić information content (AvgIpc) is 2.66. The summed E-state index contributed by atoms with van der Waals surface area (Å²) in [6.07, 6.45) is 1.41. The van der Waals surface area contributed by atoms with Crippen LogP contribution < -0.4 is 10.6 Å². The zero-order chi connectivity index (χ0) is 17.4. The van der Waals surface area contributed by atoms with E-state index in [9.17, 15) is 14.4 Å². The van der Waals surface area contributed by atoms with Gasteiger partial charge in [-0.15, -0.1) is 11.8 Å². The molecule has 0 aromatic rings. The number of nitrogens with one attached hydrogen (secondary N) is 2. The molecule has 0 aliphatic carbocycles. The van der Waals surface area contributed by atoms with Crippen molar-refractivity contribution in [1.29, 1.82) is 0 Å². The number of nitrogens with zero attached hydrogens (tertiary/aromatic N) is 1. The Balaban J connectivity index is 2.23. The van der Waals surface area contributed by atoms with E-state index in [1.807, 2.05) is 13.8 Å². The van der Waals surface area contributed by atoms with Gasteiger partial charge in [0.2, 0.25) is 11.8 Å². The lowest BCUT2D eigenvalue weighted by atomic mass is 9.83. The van der Waals surface area contributed by atoms with E-state index in [1.54, 1.807) is 37.6 Å². The number of likely N-dealkylation sites (N-methyl/N-ethyl adjacent to an activating group) is 1. The fourth-order valence-electron chi connectivity index (χ4n) is 3.54. The molecule has 2 rings (SSSR count). The molecule has 4 atom stereocenters. The Hall–Kier alpha value is -1.08. The topological polar surface area (TPSA) is 78.5 Å². The maximum atomic E-state index is 13.0. The number of fused-ring (bicyclic) bond motifs is 1. The van der Waals surface area contributed by atoms with Crippen molar-refractivity contribution in [1.82, 2.24) is 15.5 Å². The maximum Gasteiger partial charge on any atom is 0.246 e. The molecule has 0 radical (unpaired) electrons. The molecule has 23 heavy (non-hydrogen) atoms. The molecule has 0 bridgehead atoms. The summed E-state index contributed by atoms with van der Waals surface area (Å²) >= 11 is 1.71. The standard InChI is InChI=1S/C16H27N3O3S/c1-9(17-5)14(21)18-11-6-7-23-12-8-16(3,4)13(10(2)20)19(12)15(11)22/h9,11-13,17H,6-8H2,1-5H3,(H,18,21)/t9-,11-,12-,13+/m0/s1. The van der Waals surface area contributed by atoms with E-state index in [2.05, 4.69) is 10.6 Å². The Morgan fingerprint density at radius 3 is 2.61 bits per heavy atom. The van der Waals surface area contributed by atoms with Crippen LogP contribution in [0.25, 0.3) is 0 Å². The Morgan fingerprint density at radius 1 is 1.39 bits per heavy atom. The lowest BCUT2D eigenvalue weighted by Crippen LogP contribution is -2.55. The number of carbonyl (C=O) groups excluding carboxylic acids is 3. The van der Waals surface area contributed by atoms with Gasteiger partial charge in [0.25, 0.3) is 0 Å². The molecule has 130 valence electrons. The normalized spacial score (nSPS) is 31.3. The van der Waals surface area contributed by atoms with Crippen LogP contribution in [-0.4, -0.2) is 58.8 Å². The third-order valence-electron chi connectivity index (χ3n) is 4.83. The second-order valence-corrected chi connectivity index (χ2v) is 8.42. The molecule has 7 heteroatoms. The maximum absolute atomic E-state index is 13.0. The van der Waals surface area contributed by atoms with Gasteiger partial charge in [0.05, 0.1) is 17.5 Å². The van der Waals surface area contributed by atoms with Gasteiger partial charge in [-0.1, -0.05) is 13.8 Å². The van der Waals surface area contributed by atoms with Gasteiger partial charge in [-0.2, -0.15) is 0 Å². The molecule has 2 fully saturated rings. The number of Topliss-reactive ketones (excluding diaryl/α,β-unsaturated/α-hetero) is 1. The minimum Gasteiger partial charge on any atom is -0.343 e. The van der Waals surface area contributed by atoms with Crippen molar-refractivity contribution in [3.05, 3.63) is 0 Å². The van der Waals surface area contributed by atoms with E-state index in [0.717, 1.165) is 12.2 Å². The van der Waals surface area contributed by atoms with Crippen molar-refractivity contribution in [3.63, 3.8) is 0 Å². The molecule has 2 amide bonds. The highest BCUT2D eigenvalue weighted by Gasteiger charge is 2.53. The second-order valence-electron chi connectivity index (χ2n) is 7.14. The van der Waals surface area contributed by atoms with Gasteiger partial charge in [-0.05, 0) is 44.9 Å². The predicted molar refractivity (Wildman–Crippen MR) is 91.0 cm³/mol. The number of thioether (sulfide) groups is 1. The lowest BCUT2D eigenvalue weighted by molar-refractivity contribution is -0.142. The Morgan fingerprint density at radius 2 is 2.04 bits per heavy atom. The number of ketones is 1. The van der Waals surface area contributed by atoms with Crippen molar-refractivity contribution in [3.8, 4) is 0 Å². The first-order valence-electron chi connectivity index (χ1n) is 8.11. The Labute approximate surface area is 142 Å². The minimum absolute atomic E-state index is 0.0158. The van der Waals surface area contributed by atoms with Crippen LogP contribution in [0, 0.1) is 5.41 Å². The summed E-state index contributed by atoms with van der Waals surface area (Å²) in [5.41, 5.74) is -0.233. The lowest BCUT2D eigenvalue weighted by Gasteiger charge is -2.33. The highest BCUT2D eigenvalue weighted by Crippen LogP contribution is 2.46. The molecular weight excluding hydrogens is 314 g/mol. The van der Waals surface area contributed by atoms with Crippen molar-refractivity contribution in [2.24, 2.45) is 5.41 Å². The van der Waals surface area contributed by atoms with Crippen LogP contribution in [0.3, 0.4) is 0 Å². The van der Waals surface area contributed by atoms with Crippen LogP contribution in [0.15, 0.2) is 0 Å². The number of rotatable bonds is 4. The van der Waals surface area contributed by atoms with Crippen LogP contribution in [-0.2, 0) is 14.4 Å². The summed E-state index contributed by atoms with van der Waals surface area (Å²) in [6, 6.07) is -1.31. The Kier molecular flexibility index (Phi) is 5.41. The van der Waals surface area contributed by atoms with Gasteiger partial charge in [-0.3, -0.25) is 14.4 Å². The van der Waals surface area contributed by atoms with Crippen LogP contribution in [0.5, 0.6) is 0 Å². The highest BCUT2D eigenvalue weighted by molar-refractivity contribution is 7.99. The quantitative estimate of drug-likeness (QED) is 0.789. The molecule has 0 unspecified atom stereocenters. The number of amides is 2. The third-order valence-corrected chi connectivity index (χ3v) is 6.08. The fourth-order valence-corrected chi connectivity index (χ4v) is 5.12. The summed E-state index contributed by atoms with van der Waals surface area (Å²) < 4.78 is 0. The van der Waals surface area contributed by atoms with Gasteiger partial charge in [-0.25, -0.2) is 0 Å². The molecule has 2 heterocycles. The van der Waals surface area contributed by atoms with E-state index < -0.39 is 12.1 Å². The van der Waals surface area contributed by atoms with E-state index >= 15 is 0 Å². The second kappa shape index (κ2) is 6.81. The van der Waals surface area contributed by atoms with Crippen LogP contribution in [0.1, 0.15) is 40.5 Å². The predicted octanol–water partition coefficient (Wildman–Crippen LogP) is 0.758. The molecule has 2 aliphatic rings. The SMILES string of the molecule is CN[C@@H](C)C(=O)N[C@H]1CCS[C@H]2CC(C)(C)[C@@H](C(C)=O)N2C1=O. The summed E-state index contributed by atoms with van der Waals surface area (Å²) in [6.45, 7) is 7.38. The third kappa shape index (κ3) is 3.55. The molecule has 0 aromatic heterocycles. The first kappa shape index (κ1) is 18.3. The van der Waals surface area contributed by atoms with E-state index in [1.165, 1.54) is 0 Å². The van der Waals surface area contributed by atoms with Crippen LogP contribution >= 0.6 is 11.8 Å². The van der Waals surface area contributed by atoms with Gasteiger partial charge >= 0.3 is 0 Å². The van der Waals surface area contributed by atoms with Crippen molar-refractivity contribution in [2.45, 2.75) is 64.0 Å². The minimum atomic E-state index is -0.549. The highest BCUT2D eigenvalue weighted by atomic mass is 32.2. The van der Waals surface area contributed by atoms with E-state index in [4.69, 9.17) is 0 Å². The molecular formula is C16H27N3O3S. The van der Waals surface area contributed by atoms with Gasteiger partial charge in [0.1, 0.15) is 6.04 Å². The first-order chi connectivity index (χ1) is 10.7.